The SMILES string of the molecule is O=C(Nc1ccc(Cl)c(Cl)c1)Nc1nc2cc(Br)ccc2s1. The zero-order valence-electron chi connectivity index (χ0n) is 10.9. The molecule has 3 rings (SSSR count). The van der Waals surface area contributed by atoms with Crippen LogP contribution in [0.4, 0.5) is 15.6 Å². The topological polar surface area (TPSA) is 54.0 Å². The zero-order valence-corrected chi connectivity index (χ0v) is 14.8. The van der Waals surface area contributed by atoms with Crippen LogP contribution >= 0.6 is 50.5 Å². The highest BCUT2D eigenvalue weighted by Gasteiger charge is 2.09. The van der Waals surface area contributed by atoms with Gasteiger partial charge in [0.15, 0.2) is 5.13 Å². The second-order valence-electron chi connectivity index (χ2n) is 4.34. The Hall–Kier alpha value is -1.34. The van der Waals surface area contributed by atoms with Crippen LogP contribution in [0.25, 0.3) is 10.2 Å². The molecule has 8 heteroatoms. The van der Waals surface area contributed by atoms with Crippen LogP contribution in [0.15, 0.2) is 40.9 Å². The van der Waals surface area contributed by atoms with Crippen molar-refractivity contribution < 1.29 is 4.79 Å². The molecule has 0 fully saturated rings. The number of aromatic nitrogens is 1. The number of carbonyl (C=O) groups is 1. The zero-order chi connectivity index (χ0) is 15.7. The van der Waals surface area contributed by atoms with Crippen molar-refractivity contribution in [1.29, 1.82) is 0 Å². The summed E-state index contributed by atoms with van der Waals surface area (Å²) in [5.74, 6) is 0. The lowest BCUT2D eigenvalue weighted by Gasteiger charge is -2.06. The largest absolute Gasteiger partial charge is 0.325 e. The van der Waals surface area contributed by atoms with Crippen molar-refractivity contribution in [3.8, 4) is 0 Å². The summed E-state index contributed by atoms with van der Waals surface area (Å²) in [7, 11) is 0. The van der Waals surface area contributed by atoms with Gasteiger partial charge in [-0.1, -0.05) is 50.5 Å². The molecule has 0 aliphatic heterocycles. The van der Waals surface area contributed by atoms with Crippen molar-refractivity contribution in [3.05, 3.63) is 50.9 Å². The first-order valence-electron chi connectivity index (χ1n) is 6.10. The van der Waals surface area contributed by atoms with Crippen molar-refractivity contribution in [2.75, 3.05) is 10.6 Å². The Morgan fingerprint density at radius 3 is 2.68 bits per heavy atom. The second-order valence-corrected chi connectivity index (χ2v) is 7.10. The molecular weight excluding hydrogens is 409 g/mol. The van der Waals surface area contributed by atoms with Crippen LogP contribution in [0.5, 0.6) is 0 Å². The number of hydrogen-bond donors (Lipinski definition) is 2. The average molecular weight is 417 g/mol. The van der Waals surface area contributed by atoms with Gasteiger partial charge in [0, 0.05) is 10.2 Å². The summed E-state index contributed by atoms with van der Waals surface area (Å²) < 4.78 is 1.94. The van der Waals surface area contributed by atoms with Gasteiger partial charge < -0.3 is 5.32 Å². The number of halogens is 3. The molecule has 0 radical (unpaired) electrons. The number of rotatable bonds is 2. The number of nitrogens with one attached hydrogen (secondary N) is 2. The molecule has 0 saturated heterocycles. The normalized spacial score (nSPS) is 10.7. The number of hydrogen-bond acceptors (Lipinski definition) is 3. The fourth-order valence-electron chi connectivity index (χ4n) is 1.79. The Kier molecular flexibility index (Phi) is 4.54. The number of amides is 2. The molecule has 112 valence electrons. The van der Waals surface area contributed by atoms with Gasteiger partial charge in [-0.05, 0) is 36.4 Å². The molecule has 0 atom stereocenters. The van der Waals surface area contributed by atoms with Crippen molar-refractivity contribution in [1.82, 2.24) is 4.98 Å². The molecule has 0 aliphatic carbocycles. The number of nitrogens with zero attached hydrogens (tertiary/aromatic N) is 1. The fourth-order valence-corrected chi connectivity index (χ4v) is 3.28. The van der Waals surface area contributed by atoms with Crippen LogP contribution in [-0.2, 0) is 0 Å². The van der Waals surface area contributed by atoms with E-state index in [2.05, 4.69) is 31.5 Å². The van der Waals surface area contributed by atoms with Crippen LogP contribution in [0.3, 0.4) is 0 Å². The molecule has 4 nitrogen and oxygen atoms in total. The van der Waals surface area contributed by atoms with E-state index >= 15 is 0 Å². The number of fused-ring (bicyclic) bond motifs is 1. The smallest absolute Gasteiger partial charge is 0.308 e. The summed E-state index contributed by atoms with van der Waals surface area (Å²) in [6, 6.07) is 10.3. The van der Waals surface area contributed by atoms with E-state index in [0.717, 1.165) is 14.7 Å². The van der Waals surface area contributed by atoms with Crippen LogP contribution in [0.1, 0.15) is 0 Å². The standard InChI is InChI=1S/C14H8BrCl2N3OS/c15-7-1-4-12-11(5-7)19-14(22-12)20-13(21)18-8-2-3-9(16)10(17)6-8/h1-6H,(H2,18,19,20,21). The molecule has 2 N–H and O–H groups in total. The molecule has 3 aromatic rings. The minimum Gasteiger partial charge on any atom is -0.308 e. The minimum atomic E-state index is -0.392. The predicted molar refractivity (Wildman–Crippen MR) is 96.4 cm³/mol. The van der Waals surface area contributed by atoms with E-state index in [1.807, 2.05) is 18.2 Å². The van der Waals surface area contributed by atoms with Gasteiger partial charge >= 0.3 is 6.03 Å². The lowest BCUT2D eigenvalue weighted by molar-refractivity contribution is 0.262. The van der Waals surface area contributed by atoms with Gasteiger partial charge in [0.2, 0.25) is 0 Å². The molecule has 2 amide bonds. The summed E-state index contributed by atoms with van der Waals surface area (Å²) in [5, 5.41) is 6.71. The quantitative estimate of drug-likeness (QED) is 0.537. The van der Waals surface area contributed by atoms with E-state index in [1.165, 1.54) is 11.3 Å². The third kappa shape index (κ3) is 3.52. The lowest BCUT2D eigenvalue weighted by Crippen LogP contribution is -2.19. The maximum absolute atomic E-state index is 12.0. The van der Waals surface area contributed by atoms with E-state index in [0.29, 0.717) is 20.9 Å². The summed E-state index contributed by atoms with van der Waals surface area (Å²) in [6.45, 7) is 0. The second kappa shape index (κ2) is 6.42. The van der Waals surface area contributed by atoms with E-state index in [9.17, 15) is 4.79 Å². The number of thiazole rings is 1. The van der Waals surface area contributed by atoms with Crippen molar-refractivity contribution >= 4 is 77.5 Å². The van der Waals surface area contributed by atoms with Crippen LogP contribution in [-0.4, -0.2) is 11.0 Å². The number of urea groups is 1. The molecule has 1 aromatic heterocycles. The summed E-state index contributed by atoms with van der Waals surface area (Å²) in [5.41, 5.74) is 1.37. The maximum atomic E-state index is 12.0. The number of benzene rings is 2. The van der Waals surface area contributed by atoms with E-state index in [-0.39, 0.29) is 0 Å². The summed E-state index contributed by atoms with van der Waals surface area (Å²) >= 11 is 16.5. The third-order valence-corrected chi connectivity index (χ3v) is 4.93. The monoisotopic (exact) mass is 415 g/mol. The minimum absolute atomic E-state index is 0.379. The molecule has 2 aromatic carbocycles. The summed E-state index contributed by atoms with van der Waals surface area (Å²) in [6.07, 6.45) is 0. The van der Waals surface area contributed by atoms with Gasteiger partial charge in [-0.15, -0.1) is 0 Å². The first kappa shape index (κ1) is 15.6. The number of carbonyl (C=O) groups excluding carboxylic acids is 1. The van der Waals surface area contributed by atoms with Crippen LogP contribution in [0.2, 0.25) is 10.0 Å². The van der Waals surface area contributed by atoms with E-state index in [1.54, 1.807) is 18.2 Å². The molecular formula is C14H8BrCl2N3OS. The van der Waals surface area contributed by atoms with Gasteiger partial charge in [-0.3, -0.25) is 5.32 Å². The molecule has 0 aliphatic rings. The van der Waals surface area contributed by atoms with Gasteiger partial charge in [-0.25, -0.2) is 9.78 Å². The first-order chi connectivity index (χ1) is 10.5. The van der Waals surface area contributed by atoms with E-state index < -0.39 is 6.03 Å². The fraction of sp³-hybridized carbons (Fsp3) is 0. The Bertz CT molecular complexity index is 868. The maximum Gasteiger partial charge on any atom is 0.325 e. The Morgan fingerprint density at radius 1 is 1.09 bits per heavy atom. The Morgan fingerprint density at radius 2 is 1.91 bits per heavy atom. The van der Waals surface area contributed by atoms with Crippen molar-refractivity contribution in [3.63, 3.8) is 0 Å². The van der Waals surface area contributed by atoms with E-state index in [4.69, 9.17) is 23.2 Å². The lowest BCUT2D eigenvalue weighted by atomic mass is 10.3. The molecule has 0 bridgehead atoms. The highest BCUT2D eigenvalue weighted by atomic mass is 79.9. The van der Waals surface area contributed by atoms with Crippen molar-refractivity contribution in [2.24, 2.45) is 0 Å². The van der Waals surface area contributed by atoms with Gasteiger partial charge in [0.1, 0.15) is 0 Å². The number of anilines is 2. The molecule has 22 heavy (non-hydrogen) atoms. The van der Waals surface area contributed by atoms with Crippen LogP contribution < -0.4 is 10.6 Å². The van der Waals surface area contributed by atoms with Gasteiger partial charge in [-0.2, -0.15) is 0 Å². The predicted octanol–water partition coefficient (Wildman–Crippen LogP) is 6.01. The molecule has 0 saturated carbocycles. The first-order valence-corrected chi connectivity index (χ1v) is 8.47. The third-order valence-electron chi connectivity index (χ3n) is 2.75. The van der Waals surface area contributed by atoms with Crippen molar-refractivity contribution in [2.45, 2.75) is 0 Å². The average Bonchev–Trinajstić information content (AvgIpc) is 2.84. The van der Waals surface area contributed by atoms with Gasteiger partial charge in [0.25, 0.3) is 0 Å². The van der Waals surface area contributed by atoms with Crippen LogP contribution in [0, 0.1) is 0 Å². The molecule has 0 unspecified atom stereocenters. The highest BCUT2D eigenvalue weighted by Crippen LogP contribution is 2.28. The highest BCUT2D eigenvalue weighted by molar-refractivity contribution is 9.10. The molecule has 0 spiro atoms. The molecule has 1 heterocycles. The van der Waals surface area contributed by atoms with Gasteiger partial charge in [0.05, 0.1) is 20.3 Å². The Balaban J connectivity index is 1.73. The summed E-state index contributed by atoms with van der Waals surface area (Å²) in [4.78, 5) is 16.3. The Labute approximate surface area is 148 Å².